The third-order valence-electron chi connectivity index (χ3n) is 4.16. The van der Waals surface area contributed by atoms with Gasteiger partial charge in [0.15, 0.2) is 5.75 Å². The lowest BCUT2D eigenvalue weighted by Crippen LogP contribution is -2.01. The summed E-state index contributed by atoms with van der Waals surface area (Å²) < 4.78 is 11.5. The number of aryl methyl sites for hydroxylation is 1. The SMILES string of the molecule is Cc1cc(C=CC(=O)O)cc(Cl)c1Oc1ccc(OCCc2ccc(Cl)cc2)cn1. The van der Waals surface area contributed by atoms with E-state index >= 15 is 0 Å². The average molecular weight is 444 g/mol. The van der Waals surface area contributed by atoms with Gasteiger partial charge in [-0.15, -0.1) is 0 Å². The van der Waals surface area contributed by atoms with Crippen LogP contribution in [0.5, 0.6) is 17.4 Å². The Morgan fingerprint density at radius 3 is 2.53 bits per heavy atom. The van der Waals surface area contributed by atoms with Crippen molar-refractivity contribution >= 4 is 35.2 Å². The van der Waals surface area contributed by atoms with Gasteiger partial charge in [-0.1, -0.05) is 35.3 Å². The number of carbonyl (C=O) groups is 1. The van der Waals surface area contributed by atoms with Gasteiger partial charge in [0.05, 0.1) is 17.8 Å². The van der Waals surface area contributed by atoms with Crippen molar-refractivity contribution in [3.8, 4) is 17.4 Å². The number of nitrogens with zero attached hydrogens (tertiary/aromatic N) is 1. The fourth-order valence-electron chi connectivity index (χ4n) is 2.71. The van der Waals surface area contributed by atoms with Gasteiger partial charge in [0.1, 0.15) is 5.75 Å². The Bertz CT molecular complexity index is 1020. The summed E-state index contributed by atoms with van der Waals surface area (Å²) in [5.74, 6) is 0.448. The normalized spacial score (nSPS) is 10.9. The number of hydrogen-bond acceptors (Lipinski definition) is 4. The zero-order valence-electron chi connectivity index (χ0n) is 16.1. The molecule has 1 heterocycles. The summed E-state index contributed by atoms with van der Waals surface area (Å²) in [7, 11) is 0. The van der Waals surface area contributed by atoms with E-state index in [4.69, 9.17) is 37.8 Å². The lowest BCUT2D eigenvalue weighted by Gasteiger charge is -2.12. The number of carboxylic acids is 1. The van der Waals surface area contributed by atoms with Crippen molar-refractivity contribution in [2.45, 2.75) is 13.3 Å². The first-order valence-corrected chi connectivity index (χ1v) is 9.88. The molecule has 7 heteroatoms. The molecular formula is C23H19Cl2NO4. The van der Waals surface area contributed by atoms with Gasteiger partial charge in [-0.2, -0.15) is 0 Å². The van der Waals surface area contributed by atoms with Gasteiger partial charge >= 0.3 is 5.97 Å². The van der Waals surface area contributed by atoms with E-state index in [-0.39, 0.29) is 0 Å². The van der Waals surface area contributed by atoms with Gasteiger partial charge in [0.2, 0.25) is 5.88 Å². The molecule has 0 aliphatic carbocycles. The molecule has 3 rings (SSSR count). The molecule has 0 fully saturated rings. The molecule has 0 aliphatic rings. The van der Waals surface area contributed by atoms with Crippen LogP contribution in [0, 0.1) is 6.92 Å². The summed E-state index contributed by atoms with van der Waals surface area (Å²) in [5.41, 5.74) is 2.57. The van der Waals surface area contributed by atoms with Crippen LogP contribution in [-0.2, 0) is 11.2 Å². The lowest BCUT2D eigenvalue weighted by molar-refractivity contribution is -0.131. The zero-order valence-corrected chi connectivity index (χ0v) is 17.7. The highest BCUT2D eigenvalue weighted by Gasteiger charge is 2.10. The van der Waals surface area contributed by atoms with E-state index < -0.39 is 5.97 Å². The molecule has 0 amide bonds. The Labute approximate surface area is 184 Å². The molecule has 0 atom stereocenters. The predicted molar refractivity (Wildman–Crippen MR) is 118 cm³/mol. The topological polar surface area (TPSA) is 68.7 Å². The van der Waals surface area contributed by atoms with Gasteiger partial charge in [0.25, 0.3) is 0 Å². The molecule has 30 heavy (non-hydrogen) atoms. The maximum Gasteiger partial charge on any atom is 0.328 e. The van der Waals surface area contributed by atoms with Gasteiger partial charge in [0, 0.05) is 23.6 Å². The van der Waals surface area contributed by atoms with E-state index in [2.05, 4.69) is 4.98 Å². The van der Waals surface area contributed by atoms with E-state index in [0.29, 0.717) is 39.6 Å². The van der Waals surface area contributed by atoms with E-state index in [1.165, 1.54) is 6.08 Å². The largest absolute Gasteiger partial charge is 0.492 e. The van der Waals surface area contributed by atoms with Crippen LogP contribution in [0.1, 0.15) is 16.7 Å². The van der Waals surface area contributed by atoms with Crippen LogP contribution >= 0.6 is 23.2 Å². The first-order valence-electron chi connectivity index (χ1n) is 9.13. The summed E-state index contributed by atoms with van der Waals surface area (Å²) in [4.78, 5) is 14.9. The summed E-state index contributed by atoms with van der Waals surface area (Å²) >= 11 is 12.2. The fraction of sp³-hybridized carbons (Fsp3) is 0.130. The molecule has 154 valence electrons. The summed E-state index contributed by atoms with van der Waals surface area (Å²) in [6.07, 6.45) is 4.87. The van der Waals surface area contributed by atoms with Crippen LogP contribution in [0.2, 0.25) is 10.0 Å². The Kier molecular flexibility index (Phi) is 7.33. The number of aromatic nitrogens is 1. The summed E-state index contributed by atoms with van der Waals surface area (Å²) in [6.45, 7) is 2.34. The van der Waals surface area contributed by atoms with Crippen molar-refractivity contribution in [1.82, 2.24) is 4.98 Å². The van der Waals surface area contributed by atoms with Crippen LogP contribution in [0.3, 0.4) is 0 Å². The second kappa shape index (κ2) is 10.1. The van der Waals surface area contributed by atoms with Gasteiger partial charge in [-0.05, 0) is 60.0 Å². The van der Waals surface area contributed by atoms with Crippen LogP contribution in [0.4, 0.5) is 0 Å². The average Bonchev–Trinajstić information content (AvgIpc) is 2.72. The molecule has 1 N–H and O–H groups in total. The fourth-order valence-corrected chi connectivity index (χ4v) is 3.14. The van der Waals surface area contributed by atoms with Crippen molar-refractivity contribution in [3.05, 3.63) is 87.5 Å². The van der Waals surface area contributed by atoms with Crippen molar-refractivity contribution in [2.24, 2.45) is 0 Å². The van der Waals surface area contributed by atoms with Crippen LogP contribution in [0.25, 0.3) is 6.08 Å². The minimum absolute atomic E-state index is 0.366. The molecule has 3 aromatic rings. The highest BCUT2D eigenvalue weighted by Crippen LogP contribution is 2.34. The number of halogens is 2. The molecule has 5 nitrogen and oxygen atoms in total. The Morgan fingerprint density at radius 2 is 1.90 bits per heavy atom. The summed E-state index contributed by atoms with van der Waals surface area (Å²) in [6, 6.07) is 14.5. The van der Waals surface area contributed by atoms with Crippen molar-refractivity contribution in [2.75, 3.05) is 6.61 Å². The Balaban J connectivity index is 1.60. The smallest absolute Gasteiger partial charge is 0.328 e. The number of hydrogen-bond donors (Lipinski definition) is 1. The standard InChI is InChI=1S/C23H19Cl2NO4/c1-15-12-17(4-9-22(27)28)13-20(25)23(15)30-21-8-7-19(14-26-21)29-11-10-16-2-5-18(24)6-3-16/h2-9,12-14H,10-11H2,1H3,(H,27,28). The third kappa shape index (κ3) is 6.24. The molecule has 0 saturated carbocycles. The minimum Gasteiger partial charge on any atom is -0.492 e. The van der Waals surface area contributed by atoms with Crippen LogP contribution in [-0.4, -0.2) is 22.7 Å². The van der Waals surface area contributed by atoms with E-state index in [1.807, 2.05) is 31.2 Å². The number of carboxylic acid groups (broad SMARTS) is 1. The molecule has 0 bridgehead atoms. The second-order valence-electron chi connectivity index (χ2n) is 6.48. The second-order valence-corrected chi connectivity index (χ2v) is 7.32. The van der Waals surface area contributed by atoms with Crippen LogP contribution in [0.15, 0.2) is 60.8 Å². The number of rotatable bonds is 8. The number of ether oxygens (including phenoxy) is 2. The Hall–Kier alpha value is -3.02. The van der Waals surface area contributed by atoms with Crippen molar-refractivity contribution in [3.63, 3.8) is 0 Å². The monoisotopic (exact) mass is 443 g/mol. The first kappa shape index (κ1) is 21.7. The molecule has 1 aromatic heterocycles. The maximum absolute atomic E-state index is 10.7. The molecule has 0 spiro atoms. The minimum atomic E-state index is -1.02. The van der Waals surface area contributed by atoms with E-state index in [9.17, 15) is 4.79 Å². The van der Waals surface area contributed by atoms with Crippen LogP contribution < -0.4 is 9.47 Å². The van der Waals surface area contributed by atoms with E-state index in [0.717, 1.165) is 23.6 Å². The Morgan fingerprint density at radius 1 is 1.13 bits per heavy atom. The number of pyridine rings is 1. The molecule has 2 aromatic carbocycles. The van der Waals surface area contributed by atoms with Crippen molar-refractivity contribution in [1.29, 1.82) is 0 Å². The van der Waals surface area contributed by atoms with Gasteiger partial charge in [-0.25, -0.2) is 9.78 Å². The highest BCUT2D eigenvalue weighted by molar-refractivity contribution is 6.32. The lowest BCUT2D eigenvalue weighted by atomic mass is 10.1. The van der Waals surface area contributed by atoms with Gasteiger partial charge in [-0.3, -0.25) is 0 Å². The van der Waals surface area contributed by atoms with Gasteiger partial charge < -0.3 is 14.6 Å². The predicted octanol–water partition coefficient (Wildman–Crippen LogP) is 6.21. The maximum atomic E-state index is 10.7. The highest BCUT2D eigenvalue weighted by atomic mass is 35.5. The molecule has 0 saturated heterocycles. The van der Waals surface area contributed by atoms with Crippen molar-refractivity contribution < 1.29 is 19.4 Å². The third-order valence-corrected chi connectivity index (χ3v) is 4.69. The quantitative estimate of drug-likeness (QED) is 0.419. The molecule has 0 unspecified atom stereocenters. The molecule has 0 radical (unpaired) electrons. The number of aliphatic carboxylic acids is 1. The molecule has 0 aliphatic heterocycles. The van der Waals surface area contributed by atoms with E-state index in [1.54, 1.807) is 30.5 Å². The zero-order chi connectivity index (χ0) is 21.5. The first-order chi connectivity index (χ1) is 14.4. The summed E-state index contributed by atoms with van der Waals surface area (Å²) in [5, 5.41) is 9.81. The number of benzene rings is 2. The molecular weight excluding hydrogens is 425 g/mol.